The first-order valence-electron chi connectivity index (χ1n) is 6.83. The predicted molar refractivity (Wildman–Crippen MR) is 81.4 cm³/mol. The summed E-state index contributed by atoms with van der Waals surface area (Å²) in [5.41, 5.74) is 2.26. The molecule has 6 heteroatoms. The Bertz CT molecular complexity index is 912. The number of hydrogen-bond donors (Lipinski definition) is 1. The minimum absolute atomic E-state index is 0.107. The normalized spacial score (nSPS) is 11.7. The van der Waals surface area contributed by atoms with Gasteiger partial charge in [-0.2, -0.15) is 0 Å². The maximum atomic E-state index is 12.4. The molecule has 0 unspecified atom stereocenters. The number of benzene rings is 2. The number of H-pyrrole nitrogens is 1. The topological polar surface area (TPSA) is 42.1 Å². The van der Waals surface area contributed by atoms with Crippen LogP contribution in [0.2, 0.25) is 0 Å². The fourth-order valence-corrected chi connectivity index (χ4v) is 2.45. The van der Waals surface area contributed by atoms with Gasteiger partial charge in [-0.15, -0.1) is 13.2 Å². The average molecular weight is 319 g/mol. The van der Waals surface area contributed by atoms with Crippen molar-refractivity contribution < 1.29 is 17.9 Å². The SMILES string of the molecule is Cc1c(-c2ccc(OC(F)(F)F)cc2)[nH]c2ccccc2c1=O. The number of rotatable bonds is 2. The van der Waals surface area contributed by atoms with Gasteiger partial charge in [0.25, 0.3) is 0 Å². The highest BCUT2D eigenvalue weighted by molar-refractivity contribution is 5.83. The summed E-state index contributed by atoms with van der Waals surface area (Å²) in [6, 6.07) is 12.5. The van der Waals surface area contributed by atoms with Gasteiger partial charge >= 0.3 is 6.36 Å². The highest BCUT2D eigenvalue weighted by Gasteiger charge is 2.31. The van der Waals surface area contributed by atoms with E-state index in [0.717, 1.165) is 0 Å². The second-order valence-corrected chi connectivity index (χ2v) is 5.07. The fraction of sp³-hybridized carbons (Fsp3) is 0.118. The molecular weight excluding hydrogens is 307 g/mol. The molecule has 3 nitrogen and oxygen atoms in total. The van der Waals surface area contributed by atoms with E-state index < -0.39 is 6.36 Å². The van der Waals surface area contributed by atoms with Crippen molar-refractivity contribution in [1.82, 2.24) is 4.98 Å². The lowest BCUT2D eigenvalue weighted by atomic mass is 10.0. The smallest absolute Gasteiger partial charge is 0.406 e. The molecule has 1 aromatic heterocycles. The van der Waals surface area contributed by atoms with E-state index in [0.29, 0.717) is 27.7 Å². The van der Waals surface area contributed by atoms with Crippen molar-refractivity contribution in [2.45, 2.75) is 13.3 Å². The van der Waals surface area contributed by atoms with E-state index in [1.807, 2.05) is 0 Å². The van der Waals surface area contributed by atoms with Gasteiger partial charge in [0.15, 0.2) is 5.43 Å². The van der Waals surface area contributed by atoms with Crippen molar-refractivity contribution in [1.29, 1.82) is 0 Å². The number of halogens is 3. The molecule has 1 N–H and O–H groups in total. The van der Waals surface area contributed by atoms with Crippen molar-refractivity contribution in [2.75, 3.05) is 0 Å². The quantitative estimate of drug-likeness (QED) is 0.760. The van der Waals surface area contributed by atoms with Gasteiger partial charge in [-0.3, -0.25) is 4.79 Å². The molecule has 118 valence electrons. The van der Waals surface area contributed by atoms with E-state index in [9.17, 15) is 18.0 Å². The minimum Gasteiger partial charge on any atom is -0.406 e. The molecule has 0 aliphatic carbocycles. The molecule has 0 radical (unpaired) electrons. The Kier molecular flexibility index (Phi) is 3.60. The number of aromatic amines is 1. The van der Waals surface area contributed by atoms with Crippen molar-refractivity contribution in [2.24, 2.45) is 0 Å². The highest BCUT2D eigenvalue weighted by Crippen LogP contribution is 2.27. The number of hydrogen-bond acceptors (Lipinski definition) is 2. The molecule has 23 heavy (non-hydrogen) atoms. The molecule has 0 aliphatic heterocycles. The van der Waals surface area contributed by atoms with Crippen LogP contribution in [0.5, 0.6) is 5.75 Å². The van der Waals surface area contributed by atoms with E-state index in [1.54, 1.807) is 31.2 Å². The zero-order valence-electron chi connectivity index (χ0n) is 12.1. The third-order valence-corrected chi connectivity index (χ3v) is 3.52. The summed E-state index contributed by atoms with van der Waals surface area (Å²) in [6.45, 7) is 1.68. The monoisotopic (exact) mass is 319 g/mol. The molecule has 0 atom stereocenters. The summed E-state index contributed by atoms with van der Waals surface area (Å²) in [4.78, 5) is 15.5. The molecule has 0 saturated heterocycles. The van der Waals surface area contributed by atoms with Gasteiger partial charge in [0.05, 0.1) is 5.69 Å². The van der Waals surface area contributed by atoms with Crippen LogP contribution in [0.3, 0.4) is 0 Å². The second-order valence-electron chi connectivity index (χ2n) is 5.07. The highest BCUT2D eigenvalue weighted by atomic mass is 19.4. The van der Waals surface area contributed by atoms with Gasteiger partial charge in [-0.05, 0) is 48.9 Å². The molecule has 0 aliphatic rings. The Morgan fingerprint density at radius 1 is 1.00 bits per heavy atom. The van der Waals surface area contributed by atoms with Gasteiger partial charge in [0.1, 0.15) is 5.75 Å². The van der Waals surface area contributed by atoms with Gasteiger partial charge in [0.2, 0.25) is 0 Å². The van der Waals surface area contributed by atoms with Crippen LogP contribution < -0.4 is 10.2 Å². The Labute approximate surface area is 129 Å². The molecule has 0 saturated carbocycles. The number of nitrogens with one attached hydrogen (secondary N) is 1. The third-order valence-electron chi connectivity index (χ3n) is 3.52. The predicted octanol–water partition coefficient (Wildman–Crippen LogP) is 4.40. The largest absolute Gasteiger partial charge is 0.573 e. The molecule has 1 heterocycles. The van der Waals surface area contributed by atoms with Crippen molar-refractivity contribution in [3.8, 4) is 17.0 Å². The van der Waals surface area contributed by atoms with E-state index in [-0.39, 0.29) is 11.2 Å². The fourth-order valence-electron chi connectivity index (χ4n) is 2.45. The number of ether oxygens (including phenoxy) is 1. The third kappa shape index (κ3) is 3.06. The van der Waals surface area contributed by atoms with E-state index in [4.69, 9.17) is 0 Å². The summed E-state index contributed by atoms with van der Waals surface area (Å²) >= 11 is 0. The molecule has 0 amide bonds. The number of para-hydroxylation sites is 1. The van der Waals surface area contributed by atoms with Crippen LogP contribution in [-0.4, -0.2) is 11.3 Å². The lowest BCUT2D eigenvalue weighted by Crippen LogP contribution is -2.17. The second kappa shape index (κ2) is 5.46. The molecule has 0 bridgehead atoms. The summed E-state index contributed by atoms with van der Waals surface area (Å²) in [6.07, 6.45) is -4.73. The Balaban J connectivity index is 2.07. The zero-order valence-corrected chi connectivity index (χ0v) is 12.1. The molecule has 0 fully saturated rings. The number of aromatic nitrogens is 1. The summed E-state index contributed by atoms with van der Waals surface area (Å²) < 4.78 is 40.4. The number of fused-ring (bicyclic) bond motifs is 1. The average Bonchev–Trinajstić information content (AvgIpc) is 2.50. The first-order chi connectivity index (χ1) is 10.8. The van der Waals surface area contributed by atoms with Gasteiger partial charge in [0, 0.05) is 16.5 Å². The van der Waals surface area contributed by atoms with E-state index in [1.165, 1.54) is 24.3 Å². The van der Waals surface area contributed by atoms with Crippen LogP contribution in [0.1, 0.15) is 5.56 Å². The molecule has 3 aromatic rings. The maximum Gasteiger partial charge on any atom is 0.573 e. The van der Waals surface area contributed by atoms with Gasteiger partial charge in [-0.25, -0.2) is 0 Å². The zero-order chi connectivity index (χ0) is 16.6. The van der Waals surface area contributed by atoms with E-state index in [2.05, 4.69) is 9.72 Å². The molecule has 3 rings (SSSR count). The van der Waals surface area contributed by atoms with Gasteiger partial charge in [-0.1, -0.05) is 12.1 Å². The number of alkyl halides is 3. The van der Waals surface area contributed by atoms with Crippen LogP contribution in [-0.2, 0) is 0 Å². The Morgan fingerprint density at radius 3 is 2.30 bits per heavy atom. The maximum absolute atomic E-state index is 12.4. The van der Waals surface area contributed by atoms with Crippen LogP contribution in [0, 0.1) is 6.92 Å². The first kappa shape index (κ1) is 15.1. The van der Waals surface area contributed by atoms with Crippen molar-refractivity contribution >= 4 is 10.9 Å². The first-order valence-corrected chi connectivity index (χ1v) is 6.83. The van der Waals surface area contributed by atoms with Crippen molar-refractivity contribution in [3.05, 3.63) is 64.3 Å². The summed E-state index contributed by atoms with van der Waals surface area (Å²) in [7, 11) is 0. The van der Waals surface area contributed by atoms with Crippen molar-refractivity contribution in [3.63, 3.8) is 0 Å². The van der Waals surface area contributed by atoms with E-state index >= 15 is 0 Å². The molecule has 2 aromatic carbocycles. The van der Waals surface area contributed by atoms with Crippen LogP contribution in [0.15, 0.2) is 53.3 Å². The molecular formula is C17H12F3NO2. The summed E-state index contributed by atoms with van der Waals surface area (Å²) in [5, 5.41) is 0.575. The lowest BCUT2D eigenvalue weighted by Gasteiger charge is -2.11. The van der Waals surface area contributed by atoms with Crippen LogP contribution in [0.4, 0.5) is 13.2 Å². The van der Waals surface area contributed by atoms with Crippen LogP contribution >= 0.6 is 0 Å². The number of pyridine rings is 1. The standard InChI is InChI=1S/C17H12F3NO2/c1-10-15(21-14-5-3-2-4-13(14)16(10)22)11-6-8-12(9-7-11)23-17(18,19)20/h2-9H,1H3,(H,21,22). The Morgan fingerprint density at radius 2 is 1.65 bits per heavy atom. The van der Waals surface area contributed by atoms with Crippen LogP contribution in [0.25, 0.3) is 22.2 Å². The minimum atomic E-state index is -4.73. The Hall–Kier alpha value is -2.76. The summed E-state index contributed by atoms with van der Waals surface area (Å²) in [5.74, 6) is -0.304. The lowest BCUT2D eigenvalue weighted by molar-refractivity contribution is -0.274. The van der Waals surface area contributed by atoms with Gasteiger partial charge < -0.3 is 9.72 Å². The molecule has 0 spiro atoms.